The summed E-state index contributed by atoms with van der Waals surface area (Å²) in [5.41, 5.74) is 0.821. The zero-order valence-corrected chi connectivity index (χ0v) is 20.9. The monoisotopic (exact) mass is 534 g/mol. The summed E-state index contributed by atoms with van der Waals surface area (Å²) < 4.78 is 63.1. The van der Waals surface area contributed by atoms with E-state index in [1.807, 2.05) is 0 Å². The quantitative estimate of drug-likeness (QED) is 0.276. The number of fused-ring (bicyclic) bond motifs is 1. The van der Waals surface area contributed by atoms with Gasteiger partial charge in [0, 0.05) is 46.7 Å². The number of pyridine rings is 2. The van der Waals surface area contributed by atoms with Gasteiger partial charge in [0.25, 0.3) is 10.0 Å². The third-order valence-electron chi connectivity index (χ3n) is 5.92. The van der Waals surface area contributed by atoms with Crippen LogP contribution in [-0.2, 0) is 10.0 Å². The molecule has 0 aliphatic heterocycles. The van der Waals surface area contributed by atoms with Crippen LogP contribution in [0.1, 0.15) is 21.5 Å². The maximum Gasteiger partial charge on any atom is 0.261 e. The van der Waals surface area contributed by atoms with Gasteiger partial charge in [0.1, 0.15) is 11.5 Å². The third kappa shape index (κ3) is 4.59. The number of hydrogen-bond donors (Lipinski definition) is 2. The molecule has 0 amide bonds. The molecular formula is C27H20F2N4O4S. The van der Waals surface area contributed by atoms with Crippen LogP contribution < -0.4 is 9.46 Å². The smallest absolute Gasteiger partial charge is 0.261 e. The Labute approximate surface area is 216 Å². The Morgan fingerprint density at radius 3 is 2.50 bits per heavy atom. The maximum absolute atomic E-state index is 15.5. The van der Waals surface area contributed by atoms with Gasteiger partial charge in [-0.15, -0.1) is 0 Å². The molecule has 11 heteroatoms. The predicted molar refractivity (Wildman–Crippen MR) is 138 cm³/mol. The topological polar surface area (TPSA) is 114 Å². The largest absolute Gasteiger partial charge is 0.481 e. The van der Waals surface area contributed by atoms with Gasteiger partial charge in [-0.25, -0.2) is 27.2 Å². The first-order chi connectivity index (χ1) is 18.2. The number of halogens is 2. The summed E-state index contributed by atoms with van der Waals surface area (Å²) in [6.45, 7) is 1.71. The summed E-state index contributed by atoms with van der Waals surface area (Å²) in [6.07, 6.45) is 4.44. The summed E-state index contributed by atoms with van der Waals surface area (Å²) in [5, 5.41) is 0.327. The summed E-state index contributed by atoms with van der Waals surface area (Å²) >= 11 is 0. The van der Waals surface area contributed by atoms with E-state index in [1.165, 1.54) is 25.4 Å². The molecule has 5 aromatic rings. The molecule has 5 rings (SSSR count). The molecule has 3 aromatic heterocycles. The number of anilines is 1. The van der Waals surface area contributed by atoms with Gasteiger partial charge in [-0.3, -0.25) is 9.52 Å². The molecule has 0 fully saturated rings. The normalized spacial score (nSPS) is 11.5. The number of hydrogen-bond acceptors (Lipinski definition) is 6. The van der Waals surface area contributed by atoms with Gasteiger partial charge >= 0.3 is 0 Å². The van der Waals surface area contributed by atoms with Crippen molar-refractivity contribution >= 4 is 32.5 Å². The lowest BCUT2D eigenvalue weighted by Gasteiger charge is -2.12. The van der Waals surface area contributed by atoms with Crippen LogP contribution in [0.2, 0.25) is 0 Å². The van der Waals surface area contributed by atoms with Crippen LogP contribution >= 0.6 is 0 Å². The lowest BCUT2D eigenvalue weighted by molar-refractivity contribution is 0.103. The SMILES string of the molecule is COc1ccc(-c2cnc3[nH]cc(C(=O)c4c(F)ccc(NS(=O)(=O)c5cccc(C)c5)c4F)c3c2)cn1. The number of H-pyrrole nitrogens is 1. The first kappa shape index (κ1) is 25.0. The predicted octanol–water partition coefficient (Wildman–Crippen LogP) is 5.25. The summed E-state index contributed by atoms with van der Waals surface area (Å²) in [4.78, 5) is 24.6. The zero-order chi connectivity index (χ0) is 27.0. The highest BCUT2D eigenvalue weighted by Crippen LogP contribution is 2.30. The van der Waals surface area contributed by atoms with Crippen LogP contribution in [0.5, 0.6) is 5.88 Å². The summed E-state index contributed by atoms with van der Waals surface area (Å²) in [6, 6.07) is 12.8. The molecule has 38 heavy (non-hydrogen) atoms. The summed E-state index contributed by atoms with van der Waals surface area (Å²) in [7, 11) is -2.70. The fraction of sp³-hybridized carbons (Fsp3) is 0.0741. The van der Waals surface area contributed by atoms with Gasteiger partial charge in [-0.2, -0.15) is 0 Å². The van der Waals surface area contributed by atoms with Crippen molar-refractivity contribution in [2.75, 3.05) is 11.8 Å². The van der Waals surface area contributed by atoms with Crippen LogP contribution in [0.4, 0.5) is 14.5 Å². The third-order valence-corrected chi connectivity index (χ3v) is 7.28. The van der Waals surface area contributed by atoms with Gasteiger partial charge in [0.05, 0.1) is 23.3 Å². The second-order valence-corrected chi connectivity index (χ2v) is 10.1. The fourth-order valence-electron chi connectivity index (χ4n) is 3.98. The van der Waals surface area contributed by atoms with E-state index in [0.29, 0.717) is 33.6 Å². The van der Waals surface area contributed by atoms with E-state index in [2.05, 4.69) is 19.7 Å². The van der Waals surface area contributed by atoms with Crippen molar-refractivity contribution < 1.29 is 26.7 Å². The number of aryl methyl sites for hydroxylation is 1. The highest BCUT2D eigenvalue weighted by molar-refractivity contribution is 7.92. The molecule has 2 aromatic carbocycles. The van der Waals surface area contributed by atoms with Gasteiger partial charge in [0.15, 0.2) is 5.82 Å². The Kier molecular flexibility index (Phi) is 6.37. The van der Waals surface area contributed by atoms with Crippen molar-refractivity contribution in [3.63, 3.8) is 0 Å². The van der Waals surface area contributed by atoms with E-state index in [0.717, 1.165) is 12.1 Å². The average Bonchev–Trinajstić information content (AvgIpc) is 3.34. The van der Waals surface area contributed by atoms with Gasteiger partial charge in [-0.1, -0.05) is 12.1 Å². The van der Waals surface area contributed by atoms with Crippen molar-refractivity contribution in [3.8, 4) is 17.0 Å². The number of aromatic amines is 1. The molecule has 0 bridgehead atoms. The van der Waals surface area contributed by atoms with E-state index in [1.54, 1.807) is 49.6 Å². The molecular weight excluding hydrogens is 514 g/mol. The number of nitrogens with one attached hydrogen (secondary N) is 2. The Morgan fingerprint density at radius 2 is 1.79 bits per heavy atom. The van der Waals surface area contributed by atoms with Crippen LogP contribution in [0.3, 0.4) is 0 Å². The van der Waals surface area contributed by atoms with E-state index < -0.39 is 38.7 Å². The molecule has 2 N–H and O–H groups in total. The molecule has 0 aliphatic rings. The Bertz CT molecular complexity index is 1800. The second kappa shape index (κ2) is 9.67. The minimum atomic E-state index is -4.20. The molecule has 0 aliphatic carbocycles. The maximum atomic E-state index is 15.5. The van der Waals surface area contributed by atoms with Crippen molar-refractivity contribution in [2.45, 2.75) is 11.8 Å². The number of nitrogens with zero attached hydrogens (tertiary/aromatic N) is 2. The number of ether oxygens (including phenoxy) is 1. The Hall–Kier alpha value is -4.64. The molecule has 0 saturated heterocycles. The van der Waals surface area contributed by atoms with Crippen molar-refractivity contribution in [2.24, 2.45) is 0 Å². The summed E-state index contributed by atoms with van der Waals surface area (Å²) in [5.74, 6) is -3.02. The highest BCUT2D eigenvalue weighted by Gasteiger charge is 2.26. The van der Waals surface area contributed by atoms with Gasteiger partial charge < -0.3 is 9.72 Å². The number of carbonyl (C=O) groups is 1. The van der Waals surface area contributed by atoms with Crippen LogP contribution in [0.25, 0.3) is 22.2 Å². The molecule has 192 valence electrons. The highest BCUT2D eigenvalue weighted by atomic mass is 32.2. The van der Waals surface area contributed by atoms with Crippen molar-refractivity contribution in [3.05, 3.63) is 102 Å². The van der Waals surface area contributed by atoms with Gasteiger partial charge in [-0.05, 0) is 48.9 Å². The first-order valence-corrected chi connectivity index (χ1v) is 12.8. The molecule has 0 atom stereocenters. The number of benzene rings is 2. The molecule has 3 heterocycles. The number of rotatable bonds is 7. The van der Waals surface area contributed by atoms with Crippen molar-refractivity contribution in [1.82, 2.24) is 15.0 Å². The number of aromatic nitrogens is 3. The lowest BCUT2D eigenvalue weighted by Crippen LogP contribution is -2.16. The van der Waals surface area contributed by atoms with Crippen LogP contribution in [0.15, 0.2) is 78.1 Å². The standard InChI is InChI=1S/C27H20F2N4O4S/c1-15-4-3-5-18(10-15)38(35,36)33-22-8-7-21(28)24(25(22)29)26(34)20-14-32-27-19(20)11-17(13-31-27)16-6-9-23(37-2)30-12-16/h3-14,33H,1-2H3,(H,31,32). The fourth-order valence-corrected chi connectivity index (χ4v) is 5.14. The van der Waals surface area contributed by atoms with E-state index in [-0.39, 0.29) is 10.5 Å². The van der Waals surface area contributed by atoms with Gasteiger partial charge in [0.2, 0.25) is 11.7 Å². The average molecular weight is 535 g/mol. The molecule has 8 nitrogen and oxygen atoms in total. The Morgan fingerprint density at radius 1 is 1.00 bits per heavy atom. The van der Waals surface area contributed by atoms with E-state index in [9.17, 15) is 17.6 Å². The number of sulfonamides is 1. The minimum absolute atomic E-state index is 0.0349. The number of ketones is 1. The Balaban J connectivity index is 1.53. The first-order valence-electron chi connectivity index (χ1n) is 11.3. The van der Waals surface area contributed by atoms with Crippen LogP contribution in [0, 0.1) is 18.6 Å². The van der Waals surface area contributed by atoms with Crippen molar-refractivity contribution in [1.29, 1.82) is 0 Å². The molecule has 0 saturated carbocycles. The molecule has 0 unspecified atom stereocenters. The van der Waals surface area contributed by atoms with E-state index in [4.69, 9.17) is 4.74 Å². The minimum Gasteiger partial charge on any atom is -0.481 e. The molecule has 0 radical (unpaired) electrons. The number of carbonyl (C=O) groups excluding carboxylic acids is 1. The second-order valence-electron chi connectivity index (χ2n) is 8.45. The zero-order valence-electron chi connectivity index (χ0n) is 20.1. The lowest BCUT2D eigenvalue weighted by atomic mass is 10.00. The number of methoxy groups -OCH3 is 1. The van der Waals surface area contributed by atoms with Crippen LogP contribution in [-0.4, -0.2) is 36.3 Å². The molecule has 0 spiro atoms. The van der Waals surface area contributed by atoms with E-state index >= 15 is 4.39 Å².